The summed E-state index contributed by atoms with van der Waals surface area (Å²) in [6, 6.07) is 10.3. The highest BCUT2D eigenvalue weighted by Crippen LogP contribution is 2.39. The summed E-state index contributed by atoms with van der Waals surface area (Å²) >= 11 is 0. The molecule has 1 aliphatic rings. The first-order valence-corrected chi connectivity index (χ1v) is 14.3. The van der Waals surface area contributed by atoms with Crippen LogP contribution in [-0.4, -0.2) is 54.2 Å². The van der Waals surface area contributed by atoms with Gasteiger partial charge in [-0.3, -0.25) is 4.79 Å². The van der Waals surface area contributed by atoms with Gasteiger partial charge in [-0.2, -0.15) is 0 Å². The Bertz CT molecular complexity index is 937. The van der Waals surface area contributed by atoms with Crippen LogP contribution in [0.3, 0.4) is 0 Å². The number of aryl methyl sites for hydroxylation is 1. The maximum atomic E-state index is 12.3. The molecule has 4 atom stereocenters. The Labute approximate surface area is 236 Å². The molecular formula is C30H44N2O8. The first-order chi connectivity index (χ1) is 19.4. The number of carbonyl (C=O) groups excluding carboxylic acids is 2. The number of nitrogens with one attached hydrogen (secondary N) is 1. The van der Waals surface area contributed by atoms with E-state index < -0.39 is 23.4 Å². The summed E-state index contributed by atoms with van der Waals surface area (Å²) in [7, 11) is 0. The van der Waals surface area contributed by atoms with Crippen molar-refractivity contribution >= 4 is 12.1 Å². The zero-order valence-electron chi connectivity index (χ0n) is 23.5. The summed E-state index contributed by atoms with van der Waals surface area (Å²) in [5, 5.41) is 23.0. The van der Waals surface area contributed by atoms with E-state index >= 15 is 0 Å². The number of amides is 1. The predicted molar refractivity (Wildman–Crippen MR) is 151 cm³/mol. The van der Waals surface area contributed by atoms with E-state index in [0.29, 0.717) is 45.1 Å². The van der Waals surface area contributed by atoms with Gasteiger partial charge in [-0.05, 0) is 69.8 Å². The maximum Gasteiger partial charge on any atom is 0.508 e. The van der Waals surface area contributed by atoms with Gasteiger partial charge >= 0.3 is 6.16 Å². The molecule has 1 aromatic carbocycles. The lowest BCUT2D eigenvalue weighted by Gasteiger charge is -2.23. The van der Waals surface area contributed by atoms with Crippen LogP contribution < -0.4 is 5.32 Å². The van der Waals surface area contributed by atoms with Crippen LogP contribution in [0.25, 0.3) is 0 Å². The molecule has 40 heavy (non-hydrogen) atoms. The highest BCUT2D eigenvalue weighted by molar-refractivity contribution is 5.75. The average molecular weight is 561 g/mol. The van der Waals surface area contributed by atoms with Crippen LogP contribution in [0.2, 0.25) is 0 Å². The van der Waals surface area contributed by atoms with Gasteiger partial charge in [-0.25, -0.2) is 4.79 Å². The second-order valence-electron chi connectivity index (χ2n) is 9.93. The third-order valence-corrected chi connectivity index (χ3v) is 6.94. The fourth-order valence-corrected chi connectivity index (χ4v) is 4.90. The summed E-state index contributed by atoms with van der Waals surface area (Å²) < 4.78 is 10.8. The van der Waals surface area contributed by atoms with E-state index in [1.807, 2.05) is 37.3 Å². The number of nitrogens with zero attached hydrogens (tertiary/aromatic N) is 1. The molecule has 1 fully saturated rings. The monoisotopic (exact) mass is 560 g/mol. The number of ether oxygens (including phenoxy) is 2. The number of benzene rings is 1. The van der Waals surface area contributed by atoms with Crippen molar-refractivity contribution in [1.29, 1.82) is 0 Å². The number of aliphatic hydroxyl groups is 1. The van der Waals surface area contributed by atoms with Gasteiger partial charge in [0.2, 0.25) is 5.91 Å². The lowest BCUT2D eigenvalue weighted by atomic mass is 9.87. The summed E-state index contributed by atoms with van der Waals surface area (Å²) in [5.41, 5.74) is 1.27. The number of rotatable bonds is 19. The minimum atomic E-state index is -0.853. The largest absolute Gasteiger partial charge is 0.508 e. The third kappa shape index (κ3) is 13.6. The molecule has 1 aliphatic carbocycles. The van der Waals surface area contributed by atoms with Crippen LogP contribution >= 0.6 is 0 Å². The molecule has 0 unspecified atom stereocenters. The first kappa shape index (κ1) is 32.8. The second kappa shape index (κ2) is 19.6. The van der Waals surface area contributed by atoms with E-state index in [4.69, 9.17) is 9.47 Å². The van der Waals surface area contributed by atoms with Gasteiger partial charge in [0.05, 0.1) is 19.3 Å². The molecular weight excluding hydrogens is 516 g/mol. The fraction of sp³-hybridized carbons (Fsp3) is 0.600. The first-order valence-electron chi connectivity index (χ1n) is 14.3. The molecule has 10 heteroatoms. The highest BCUT2D eigenvalue weighted by atomic mass is 16.9. The van der Waals surface area contributed by atoms with Crippen LogP contribution in [0.5, 0.6) is 0 Å². The predicted octanol–water partition coefficient (Wildman–Crippen LogP) is 5.33. The molecule has 1 amide bonds. The lowest BCUT2D eigenvalue weighted by Crippen LogP contribution is -2.26. The molecule has 0 spiro atoms. The Morgan fingerprint density at radius 3 is 2.45 bits per heavy atom. The number of aliphatic hydroxyl groups excluding tert-OH is 1. The quantitative estimate of drug-likeness (QED) is 0.0762. The minimum absolute atomic E-state index is 0.0537. The molecule has 0 aromatic heterocycles. The zero-order chi connectivity index (χ0) is 29.0. The fourth-order valence-electron chi connectivity index (χ4n) is 4.90. The molecule has 2 rings (SSSR count). The van der Waals surface area contributed by atoms with Gasteiger partial charge in [-0.1, -0.05) is 54.6 Å². The standard InChI is InChI=1S/C30H44N2O8/c1-2-31-29(34)20-12-4-3-10-18-25-26(19-11-6-9-17-24-15-7-5-8-16-24)28(23-27(25)33)40-30(35)38-21-13-14-22-39-32(36)37/h3,5-8,10-11,15-16,25-28,33H,2,4,9,12-14,17-23H2,1H3,(H,31,34)/b10-3?,11-6+/t25-,26-,27+,28-/m1/s1. The smallest absolute Gasteiger partial charge is 0.434 e. The van der Waals surface area contributed by atoms with Crippen molar-refractivity contribution in [3.63, 3.8) is 0 Å². The third-order valence-electron chi connectivity index (χ3n) is 6.94. The van der Waals surface area contributed by atoms with E-state index in [1.54, 1.807) is 0 Å². The Morgan fingerprint density at radius 2 is 1.73 bits per heavy atom. The normalized spacial score (nSPS) is 20.6. The van der Waals surface area contributed by atoms with Gasteiger partial charge in [0.25, 0.3) is 5.09 Å². The Balaban J connectivity index is 1.87. The second-order valence-corrected chi connectivity index (χ2v) is 9.93. The van der Waals surface area contributed by atoms with E-state index in [0.717, 1.165) is 25.7 Å². The number of hydrogen-bond donors (Lipinski definition) is 2. The van der Waals surface area contributed by atoms with Crippen molar-refractivity contribution in [2.45, 2.75) is 83.3 Å². The molecule has 1 aromatic rings. The van der Waals surface area contributed by atoms with Gasteiger partial charge in [0.15, 0.2) is 0 Å². The topological polar surface area (TPSA) is 137 Å². The van der Waals surface area contributed by atoms with Crippen LogP contribution in [-0.2, 0) is 25.5 Å². The minimum Gasteiger partial charge on any atom is -0.434 e. The van der Waals surface area contributed by atoms with Crippen molar-refractivity contribution in [3.8, 4) is 0 Å². The van der Waals surface area contributed by atoms with Gasteiger partial charge in [0.1, 0.15) is 6.10 Å². The summed E-state index contributed by atoms with van der Waals surface area (Å²) in [6.07, 6.45) is 12.7. The number of allylic oxidation sites excluding steroid dienone is 4. The molecule has 222 valence electrons. The van der Waals surface area contributed by atoms with Crippen LogP contribution in [0.15, 0.2) is 54.6 Å². The zero-order valence-corrected chi connectivity index (χ0v) is 23.5. The molecule has 1 saturated carbocycles. The van der Waals surface area contributed by atoms with Crippen LogP contribution in [0.1, 0.15) is 70.3 Å². The van der Waals surface area contributed by atoms with Crippen molar-refractivity contribution in [2.75, 3.05) is 19.8 Å². The van der Waals surface area contributed by atoms with Gasteiger partial charge in [-0.15, -0.1) is 10.1 Å². The average Bonchev–Trinajstić information content (AvgIpc) is 3.21. The molecule has 0 radical (unpaired) electrons. The van der Waals surface area contributed by atoms with Crippen molar-refractivity contribution in [1.82, 2.24) is 5.32 Å². The molecule has 2 N–H and O–H groups in total. The van der Waals surface area contributed by atoms with Crippen LogP contribution in [0.4, 0.5) is 4.79 Å². The lowest BCUT2D eigenvalue weighted by molar-refractivity contribution is -0.757. The molecule has 0 aliphatic heterocycles. The van der Waals surface area contributed by atoms with E-state index in [1.165, 1.54) is 5.56 Å². The van der Waals surface area contributed by atoms with Crippen molar-refractivity contribution < 1.29 is 34.1 Å². The Morgan fingerprint density at radius 1 is 1.02 bits per heavy atom. The highest BCUT2D eigenvalue weighted by Gasteiger charge is 2.43. The number of unbranched alkanes of at least 4 members (excludes halogenated alkanes) is 2. The van der Waals surface area contributed by atoms with Gasteiger partial charge in [0, 0.05) is 25.3 Å². The maximum absolute atomic E-state index is 12.3. The van der Waals surface area contributed by atoms with Crippen LogP contribution in [0, 0.1) is 22.0 Å². The van der Waals surface area contributed by atoms with E-state index in [2.05, 4.69) is 34.4 Å². The van der Waals surface area contributed by atoms with E-state index in [9.17, 15) is 24.8 Å². The Hall–Kier alpha value is -3.40. The molecule has 10 nitrogen and oxygen atoms in total. The summed E-state index contributed by atoms with van der Waals surface area (Å²) in [6.45, 7) is 2.54. The molecule has 0 bridgehead atoms. The van der Waals surface area contributed by atoms with Crippen molar-refractivity contribution in [2.24, 2.45) is 11.8 Å². The Kier molecular flexibility index (Phi) is 16.1. The molecule has 0 heterocycles. The van der Waals surface area contributed by atoms with E-state index in [-0.39, 0.29) is 31.0 Å². The summed E-state index contributed by atoms with van der Waals surface area (Å²) in [4.78, 5) is 38.4. The van der Waals surface area contributed by atoms with Crippen molar-refractivity contribution in [3.05, 3.63) is 70.3 Å². The number of carbonyl (C=O) groups is 2. The number of hydrogen-bond acceptors (Lipinski definition) is 8. The summed E-state index contributed by atoms with van der Waals surface area (Å²) in [5.74, 6) is -0.0857. The van der Waals surface area contributed by atoms with Gasteiger partial charge < -0.3 is 24.7 Å². The molecule has 0 saturated heterocycles. The SMILES string of the molecule is CCNC(=O)CCCC=CC[C@@H]1[C@@H](C/C=C/CCc2ccccc2)[C@H](OC(=O)OCCCCO[N+](=O)[O-])C[C@@H]1O.